The smallest absolute Gasteiger partial charge is 0.161 e. The van der Waals surface area contributed by atoms with E-state index in [1.165, 1.54) is 6.07 Å². The van der Waals surface area contributed by atoms with Gasteiger partial charge in [-0.3, -0.25) is 4.79 Å². The summed E-state index contributed by atoms with van der Waals surface area (Å²) in [5.41, 5.74) is 1.20. The highest BCUT2D eigenvalue weighted by Crippen LogP contribution is 2.36. The number of aliphatic hydroxyl groups excluding tert-OH is 1. The molecule has 2 aliphatic heterocycles. The van der Waals surface area contributed by atoms with Gasteiger partial charge >= 0.3 is 0 Å². The van der Waals surface area contributed by atoms with Crippen LogP contribution in [0.2, 0.25) is 0 Å². The molecule has 32 heavy (non-hydrogen) atoms. The number of fused-ring (bicyclic) bond motifs is 1. The SMILES string of the molecule is O=C(CCC(CN1CCCC1)C(O)c1ccc2c(c1)OCCO2)Cc1ccc(F)c(F)c1. The summed E-state index contributed by atoms with van der Waals surface area (Å²) in [6.07, 6.45) is 2.35. The number of Topliss-reactive ketones (excluding diaryl/α,β-unsaturated/α-hetero) is 1. The van der Waals surface area contributed by atoms with E-state index in [2.05, 4.69) is 4.90 Å². The van der Waals surface area contributed by atoms with Crippen LogP contribution in [0.25, 0.3) is 0 Å². The number of carbonyl (C=O) groups is 1. The van der Waals surface area contributed by atoms with Gasteiger partial charge < -0.3 is 19.5 Å². The van der Waals surface area contributed by atoms with E-state index in [1.54, 1.807) is 0 Å². The molecule has 2 atom stereocenters. The number of likely N-dealkylation sites (tertiary alicyclic amines) is 1. The van der Waals surface area contributed by atoms with Crippen molar-refractivity contribution in [3.63, 3.8) is 0 Å². The van der Waals surface area contributed by atoms with Crippen molar-refractivity contribution >= 4 is 5.78 Å². The summed E-state index contributed by atoms with van der Waals surface area (Å²) in [4.78, 5) is 14.9. The molecule has 0 saturated carbocycles. The number of benzene rings is 2. The molecule has 5 nitrogen and oxygen atoms in total. The monoisotopic (exact) mass is 445 g/mol. The lowest BCUT2D eigenvalue weighted by molar-refractivity contribution is -0.119. The Morgan fingerprint density at radius 1 is 1.00 bits per heavy atom. The van der Waals surface area contributed by atoms with Crippen molar-refractivity contribution < 1.29 is 28.2 Å². The van der Waals surface area contributed by atoms with Gasteiger partial charge in [-0.1, -0.05) is 12.1 Å². The van der Waals surface area contributed by atoms with Gasteiger partial charge in [-0.25, -0.2) is 8.78 Å². The summed E-state index contributed by atoms with van der Waals surface area (Å²) in [5.74, 6) is -0.765. The lowest BCUT2D eigenvalue weighted by atomic mass is 9.89. The van der Waals surface area contributed by atoms with Crippen molar-refractivity contribution in [3.8, 4) is 11.5 Å². The van der Waals surface area contributed by atoms with Crippen LogP contribution in [0.5, 0.6) is 11.5 Å². The Bertz CT molecular complexity index is 946. The number of aliphatic hydroxyl groups is 1. The van der Waals surface area contributed by atoms with Crippen LogP contribution < -0.4 is 9.47 Å². The van der Waals surface area contributed by atoms with Crippen molar-refractivity contribution in [3.05, 3.63) is 59.2 Å². The number of rotatable bonds is 9. The van der Waals surface area contributed by atoms with Crippen LogP contribution in [-0.4, -0.2) is 48.6 Å². The maximum absolute atomic E-state index is 13.4. The molecule has 0 aromatic heterocycles. The predicted octanol–water partition coefficient (Wildman–Crippen LogP) is 4.07. The minimum atomic E-state index is -0.948. The first-order valence-electron chi connectivity index (χ1n) is 11.2. The van der Waals surface area contributed by atoms with Crippen LogP contribution in [0.1, 0.15) is 42.9 Å². The second-order valence-electron chi connectivity index (χ2n) is 8.62. The molecule has 7 heteroatoms. The zero-order valence-corrected chi connectivity index (χ0v) is 18.1. The highest BCUT2D eigenvalue weighted by molar-refractivity contribution is 5.80. The first-order valence-corrected chi connectivity index (χ1v) is 11.2. The van der Waals surface area contributed by atoms with Crippen molar-refractivity contribution in [2.75, 3.05) is 32.8 Å². The Balaban J connectivity index is 1.42. The van der Waals surface area contributed by atoms with E-state index in [4.69, 9.17) is 9.47 Å². The lowest BCUT2D eigenvalue weighted by Gasteiger charge is -2.28. The van der Waals surface area contributed by atoms with E-state index in [1.807, 2.05) is 18.2 Å². The number of ketones is 1. The van der Waals surface area contributed by atoms with Gasteiger partial charge in [-0.05, 0) is 67.7 Å². The van der Waals surface area contributed by atoms with Gasteiger partial charge in [0.2, 0.25) is 0 Å². The summed E-state index contributed by atoms with van der Waals surface area (Å²) < 4.78 is 37.8. The number of nitrogens with zero attached hydrogens (tertiary/aromatic N) is 1. The van der Waals surface area contributed by atoms with Gasteiger partial charge in [0.1, 0.15) is 19.0 Å². The minimum absolute atomic E-state index is 0.0494. The summed E-state index contributed by atoms with van der Waals surface area (Å²) in [5, 5.41) is 11.2. The molecule has 1 saturated heterocycles. The molecule has 1 N–H and O–H groups in total. The second kappa shape index (κ2) is 10.4. The Morgan fingerprint density at radius 3 is 2.50 bits per heavy atom. The average molecular weight is 446 g/mol. The summed E-state index contributed by atoms with van der Waals surface area (Å²) in [6.45, 7) is 3.67. The number of halogens is 2. The molecule has 0 amide bonds. The molecular formula is C25H29F2NO4. The van der Waals surface area contributed by atoms with Crippen LogP contribution in [0.15, 0.2) is 36.4 Å². The van der Waals surface area contributed by atoms with Crippen LogP contribution in [0.3, 0.4) is 0 Å². The van der Waals surface area contributed by atoms with Gasteiger partial charge in [0.25, 0.3) is 0 Å². The van der Waals surface area contributed by atoms with E-state index >= 15 is 0 Å². The van der Waals surface area contributed by atoms with Gasteiger partial charge in [-0.15, -0.1) is 0 Å². The molecule has 172 valence electrons. The Kier molecular flexibility index (Phi) is 7.37. The van der Waals surface area contributed by atoms with Crippen LogP contribution in [0, 0.1) is 17.6 Å². The number of ether oxygens (including phenoxy) is 2. The first kappa shape index (κ1) is 22.7. The van der Waals surface area contributed by atoms with Gasteiger partial charge in [-0.2, -0.15) is 0 Å². The molecule has 2 aliphatic rings. The second-order valence-corrected chi connectivity index (χ2v) is 8.62. The van der Waals surface area contributed by atoms with Gasteiger partial charge in [0.05, 0.1) is 6.10 Å². The first-order chi connectivity index (χ1) is 15.5. The molecule has 0 bridgehead atoms. The molecule has 4 rings (SSSR count). The minimum Gasteiger partial charge on any atom is -0.486 e. The van der Waals surface area contributed by atoms with Crippen LogP contribution >= 0.6 is 0 Å². The molecule has 2 unspecified atom stereocenters. The van der Waals surface area contributed by atoms with Crippen molar-refractivity contribution in [1.29, 1.82) is 0 Å². The average Bonchev–Trinajstić information content (AvgIpc) is 3.31. The zero-order valence-electron chi connectivity index (χ0n) is 18.1. The summed E-state index contributed by atoms with van der Waals surface area (Å²) in [6, 6.07) is 9.02. The fourth-order valence-electron chi connectivity index (χ4n) is 4.47. The van der Waals surface area contributed by atoms with Crippen LogP contribution in [0.4, 0.5) is 8.78 Å². The van der Waals surface area contributed by atoms with E-state index in [9.17, 15) is 18.7 Å². The summed E-state index contributed by atoms with van der Waals surface area (Å²) in [7, 11) is 0. The molecule has 0 spiro atoms. The third-order valence-electron chi connectivity index (χ3n) is 6.22. The van der Waals surface area contributed by atoms with Crippen molar-refractivity contribution in [1.82, 2.24) is 4.90 Å². The molecular weight excluding hydrogens is 416 g/mol. The maximum atomic E-state index is 13.4. The molecule has 1 fully saturated rings. The van der Waals surface area contributed by atoms with E-state index < -0.39 is 17.7 Å². The topological polar surface area (TPSA) is 59.0 Å². The number of hydrogen-bond acceptors (Lipinski definition) is 5. The Hall–Kier alpha value is -2.51. The van der Waals surface area contributed by atoms with E-state index in [0.29, 0.717) is 43.2 Å². The largest absolute Gasteiger partial charge is 0.486 e. The number of carbonyl (C=O) groups excluding carboxylic acids is 1. The molecule has 2 aromatic rings. The standard InChI is InChI=1S/C25H29F2NO4/c26-21-7-3-17(14-22(21)27)13-20(29)6-4-19(16-28-9-1-2-10-28)25(30)18-5-8-23-24(15-18)32-12-11-31-23/h3,5,7-8,14-15,19,25,30H,1-2,4,6,9-13,16H2. The molecule has 0 aliphatic carbocycles. The van der Waals surface area contributed by atoms with Crippen molar-refractivity contribution in [2.24, 2.45) is 5.92 Å². The Morgan fingerprint density at radius 2 is 1.75 bits per heavy atom. The third kappa shape index (κ3) is 5.64. The van der Waals surface area contributed by atoms with Crippen molar-refractivity contribution in [2.45, 2.75) is 38.2 Å². The number of hydrogen-bond donors (Lipinski definition) is 1. The Labute approximate surface area is 186 Å². The maximum Gasteiger partial charge on any atom is 0.161 e. The molecule has 0 radical (unpaired) electrons. The normalized spacial score (nSPS) is 17.8. The quantitative estimate of drug-likeness (QED) is 0.631. The third-order valence-corrected chi connectivity index (χ3v) is 6.22. The fourth-order valence-corrected chi connectivity index (χ4v) is 4.47. The summed E-state index contributed by atoms with van der Waals surface area (Å²) >= 11 is 0. The molecule has 2 aromatic carbocycles. The lowest BCUT2D eigenvalue weighted by Crippen LogP contribution is -2.31. The predicted molar refractivity (Wildman–Crippen MR) is 116 cm³/mol. The zero-order chi connectivity index (χ0) is 22.5. The van der Waals surface area contributed by atoms with E-state index in [0.717, 1.165) is 43.6 Å². The van der Waals surface area contributed by atoms with Gasteiger partial charge in [0, 0.05) is 25.3 Å². The highest BCUT2D eigenvalue weighted by atomic mass is 19.2. The van der Waals surface area contributed by atoms with Gasteiger partial charge in [0.15, 0.2) is 23.1 Å². The molecule has 2 heterocycles. The highest BCUT2D eigenvalue weighted by Gasteiger charge is 2.27. The van der Waals surface area contributed by atoms with E-state index in [-0.39, 0.29) is 24.5 Å². The van der Waals surface area contributed by atoms with Crippen LogP contribution in [-0.2, 0) is 11.2 Å². The fraction of sp³-hybridized carbons (Fsp3) is 0.480.